The molecule has 0 atom stereocenters. The number of aromatic nitrogens is 1. The number of allylic oxidation sites excluding steroid dienone is 3. The summed E-state index contributed by atoms with van der Waals surface area (Å²) in [6, 6.07) is 0. The van der Waals surface area contributed by atoms with Gasteiger partial charge in [-0.05, 0) is 19.9 Å². The first-order valence-corrected chi connectivity index (χ1v) is 5.03. The molecule has 0 unspecified atom stereocenters. The second-order valence-electron chi connectivity index (χ2n) is 3.24. The fourth-order valence-corrected chi connectivity index (χ4v) is 1.51. The van der Waals surface area contributed by atoms with Gasteiger partial charge in [-0.2, -0.15) is 0 Å². The van der Waals surface area contributed by atoms with Gasteiger partial charge in [-0.3, -0.25) is 0 Å². The van der Waals surface area contributed by atoms with Crippen LogP contribution >= 0.6 is 0 Å². The summed E-state index contributed by atoms with van der Waals surface area (Å²) in [5.74, 6) is 0. The van der Waals surface area contributed by atoms with Crippen molar-refractivity contribution >= 4 is 24.8 Å². The number of H-pyrrole nitrogens is 1. The minimum Gasteiger partial charge on any atom is -0.355 e. The Morgan fingerprint density at radius 2 is 1.93 bits per heavy atom. The highest BCUT2D eigenvalue weighted by Gasteiger charge is 2.00. The van der Waals surface area contributed by atoms with Gasteiger partial charge in [0.2, 0.25) is 0 Å². The standard InChI is InChI=1S/C14H17N/c1-5-8-10-13-11(4)15-14(9-6-2)12(13)7-3/h5-10,15H,3-4H2,1-2H3/b8-5-,9-6-,13-10+. The van der Waals surface area contributed by atoms with Gasteiger partial charge in [0.05, 0.1) is 0 Å². The van der Waals surface area contributed by atoms with E-state index in [0.717, 1.165) is 21.8 Å². The summed E-state index contributed by atoms with van der Waals surface area (Å²) in [5.41, 5.74) is 2.17. The zero-order valence-corrected chi connectivity index (χ0v) is 9.38. The van der Waals surface area contributed by atoms with E-state index in [-0.39, 0.29) is 0 Å². The molecule has 1 aromatic heterocycles. The fourth-order valence-electron chi connectivity index (χ4n) is 1.51. The predicted molar refractivity (Wildman–Crippen MR) is 69.6 cm³/mol. The number of nitrogens with one attached hydrogen (secondary N) is 1. The van der Waals surface area contributed by atoms with E-state index in [4.69, 9.17) is 0 Å². The molecule has 0 aliphatic carbocycles. The fraction of sp³-hybridized carbons (Fsp3) is 0.143. The summed E-state index contributed by atoms with van der Waals surface area (Å²) >= 11 is 0. The number of hydrogen-bond acceptors (Lipinski definition) is 0. The summed E-state index contributed by atoms with van der Waals surface area (Å²) in [6.45, 7) is 11.8. The second kappa shape index (κ2) is 5.20. The smallest absolute Gasteiger partial charge is 0.0461 e. The Labute approximate surface area is 90.8 Å². The largest absolute Gasteiger partial charge is 0.355 e. The highest BCUT2D eigenvalue weighted by molar-refractivity contribution is 5.64. The zero-order chi connectivity index (χ0) is 11.3. The Bertz CT molecular complexity index is 498. The molecule has 0 bridgehead atoms. The van der Waals surface area contributed by atoms with Gasteiger partial charge in [0, 0.05) is 21.8 Å². The molecular formula is C14H17N. The molecule has 0 saturated carbocycles. The number of aromatic amines is 1. The average molecular weight is 199 g/mol. The van der Waals surface area contributed by atoms with Crippen LogP contribution in [0.1, 0.15) is 25.1 Å². The first-order valence-electron chi connectivity index (χ1n) is 5.03. The quantitative estimate of drug-likeness (QED) is 0.769. The van der Waals surface area contributed by atoms with Crippen LogP contribution in [0.15, 0.2) is 24.8 Å². The van der Waals surface area contributed by atoms with Crippen LogP contribution in [-0.4, -0.2) is 4.98 Å². The Morgan fingerprint density at radius 1 is 1.20 bits per heavy atom. The van der Waals surface area contributed by atoms with E-state index in [1.165, 1.54) is 0 Å². The maximum Gasteiger partial charge on any atom is 0.0461 e. The summed E-state index contributed by atoms with van der Waals surface area (Å²) in [4.78, 5) is 3.24. The molecule has 0 aliphatic heterocycles. The van der Waals surface area contributed by atoms with Gasteiger partial charge in [-0.15, -0.1) is 0 Å². The van der Waals surface area contributed by atoms with E-state index in [2.05, 4.69) is 18.1 Å². The molecule has 0 saturated heterocycles. The van der Waals surface area contributed by atoms with Crippen molar-refractivity contribution in [2.24, 2.45) is 0 Å². The van der Waals surface area contributed by atoms with Crippen molar-refractivity contribution in [1.82, 2.24) is 4.98 Å². The van der Waals surface area contributed by atoms with Crippen molar-refractivity contribution in [2.45, 2.75) is 13.8 Å². The van der Waals surface area contributed by atoms with Crippen LogP contribution in [0.5, 0.6) is 0 Å². The molecule has 15 heavy (non-hydrogen) atoms. The van der Waals surface area contributed by atoms with Crippen LogP contribution in [0.4, 0.5) is 0 Å². The molecule has 0 amide bonds. The Hall–Kier alpha value is -1.76. The third kappa shape index (κ3) is 2.38. The van der Waals surface area contributed by atoms with Gasteiger partial charge in [0.1, 0.15) is 0 Å². The van der Waals surface area contributed by atoms with E-state index < -0.39 is 0 Å². The van der Waals surface area contributed by atoms with Crippen molar-refractivity contribution in [1.29, 1.82) is 0 Å². The lowest BCUT2D eigenvalue weighted by Gasteiger charge is -1.90. The molecule has 1 N–H and O–H groups in total. The van der Waals surface area contributed by atoms with Gasteiger partial charge in [-0.1, -0.05) is 43.5 Å². The minimum absolute atomic E-state index is 0.927. The average Bonchev–Trinajstić information content (AvgIpc) is 2.52. The lowest BCUT2D eigenvalue weighted by Crippen LogP contribution is -2.21. The first kappa shape index (κ1) is 11.3. The molecule has 1 rings (SSSR count). The number of hydrogen-bond donors (Lipinski definition) is 1. The van der Waals surface area contributed by atoms with Crippen molar-refractivity contribution in [3.63, 3.8) is 0 Å². The van der Waals surface area contributed by atoms with Crippen LogP contribution in [0, 0.1) is 0 Å². The zero-order valence-electron chi connectivity index (χ0n) is 9.38. The van der Waals surface area contributed by atoms with Crippen LogP contribution in [-0.2, 0) is 0 Å². The van der Waals surface area contributed by atoms with Crippen molar-refractivity contribution in [2.75, 3.05) is 0 Å². The molecule has 0 aromatic carbocycles. The molecule has 1 heterocycles. The Balaban J connectivity index is 3.52. The van der Waals surface area contributed by atoms with Crippen molar-refractivity contribution < 1.29 is 0 Å². The molecule has 0 spiro atoms. The molecule has 1 nitrogen and oxygen atoms in total. The van der Waals surface area contributed by atoms with Gasteiger partial charge in [-0.25, -0.2) is 0 Å². The van der Waals surface area contributed by atoms with Crippen LogP contribution in [0.3, 0.4) is 0 Å². The van der Waals surface area contributed by atoms with E-state index in [1.807, 2.05) is 50.3 Å². The number of rotatable bonds is 3. The molecule has 1 heteroatoms. The third-order valence-electron chi connectivity index (χ3n) is 2.18. The van der Waals surface area contributed by atoms with Gasteiger partial charge >= 0.3 is 0 Å². The Kier molecular flexibility index (Phi) is 3.92. The molecule has 0 aliphatic rings. The SMILES string of the molecule is C=Cc1c(/C=C\C)[nH]c(=C)/c1=C\C=C/C. The van der Waals surface area contributed by atoms with Gasteiger partial charge in [0.25, 0.3) is 0 Å². The molecule has 78 valence electrons. The van der Waals surface area contributed by atoms with Crippen molar-refractivity contribution in [3.8, 4) is 0 Å². The monoisotopic (exact) mass is 199 g/mol. The summed E-state index contributed by atoms with van der Waals surface area (Å²) < 4.78 is 0. The van der Waals surface area contributed by atoms with Crippen LogP contribution < -0.4 is 10.6 Å². The minimum atomic E-state index is 0.927. The Morgan fingerprint density at radius 3 is 2.47 bits per heavy atom. The van der Waals surface area contributed by atoms with Crippen LogP contribution in [0.2, 0.25) is 0 Å². The van der Waals surface area contributed by atoms with Gasteiger partial charge in [0.15, 0.2) is 0 Å². The molecule has 1 aromatic rings. The van der Waals surface area contributed by atoms with Gasteiger partial charge < -0.3 is 4.98 Å². The lowest BCUT2D eigenvalue weighted by atomic mass is 10.2. The summed E-state index contributed by atoms with van der Waals surface area (Å²) in [5, 5.41) is 2.03. The highest BCUT2D eigenvalue weighted by Crippen LogP contribution is 2.02. The maximum atomic E-state index is 3.98. The van der Waals surface area contributed by atoms with E-state index in [0.29, 0.717) is 0 Å². The highest BCUT2D eigenvalue weighted by atomic mass is 14.7. The molecule has 0 fully saturated rings. The van der Waals surface area contributed by atoms with E-state index >= 15 is 0 Å². The first-order chi connectivity index (χ1) is 7.24. The van der Waals surface area contributed by atoms with Crippen molar-refractivity contribution in [3.05, 3.63) is 46.6 Å². The summed E-state index contributed by atoms with van der Waals surface area (Å²) in [6.07, 6.45) is 11.9. The van der Waals surface area contributed by atoms with E-state index in [1.54, 1.807) is 0 Å². The molecule has 0 radical (unpaired) electrons. The topological polar surface area (TPSA) is 15.8 Å². The third-order valence-corrected chi connectivity index (χ3v) is 2.18. The second-order valence-corrected chi connectivity index (χ2v) is 3.24. The summed E-state index contributed by atoms with van der Waals surface area (Å²) in [7, 11) is 0. The maximum absolute atomic E-state index is 3.98. The van der Waals surface area contributed by atoms with Crippen LogP contribution in [0.25, 0.3) is 24.8 Å². The molecular weight excluding hydrogens is 182 g/mol. The normalized spacial score (nSPS) is 13.1. The van der Waals surface area contributed by atoms with E-state index in [9.17, 15) is 0 Å². The predicted octanol–water partition coefficient (Wildman–Crippen LogP) is 2.46. The lowest BCUT2D eigenvalue weighted by molar-refractivity contribution is 1.30.